The summed E-state index contributed by atoms with van der Waals surface area (Å²) in [7, 11) is 0. The molecule has 0 unspecified atom stereocenters. The second-order valence-corrected chi connectivity index (χ2v) is 6.16. The van der Waals surface area contributed by atoms with E-state index in [1.807, 2.05) is 0 Å². The van der Waals surface area contributed by atoms with E-state index in [4.69, 9.17) is 5.73 Å². The van der Waals surface area contributed by atoms with Crippen LogP contribution in [0.2, 0.25) is 0 Å². The van der Waals surface area contributed by atoms with Crippen LogP contribution < -0.4 is 11.1 Å². The van der Waals surface area contributed by atoms with Crippen molar-refractivity contribution in [1.29, 1.82) is 0 Å². The quantitative estimate of drug-likeness (QED) is 0.502. The second-order valence-electron chi connectivity index (χ2n) is 6.16. The van der Waals surface area contributed by atoms with Crippen LogP contribution in [-0.2, 0) is 6.18 Å². The Bertz CT molecular complexity index is 1200. The van der Waals surface area contributed by atoms with E-state index in [1.54, 1.807) is 17.6 Å². The number of hydrogen-bond donors (Lipinski definition) is 2. The zero-order valence-electron chi connectivity index (χ0n) is 14.9. The van der Waals surface area contributed by atoms with Crippen LogP contribution in [0.4, 0.5) is 35.0 Å². The van der Waals surface area contributed by atoms with Crippen molar-refractivity contribution in [2.45, 2.75) is 13.1 Å². The van der Waals surface area contributed by atoms with E-state index in [-0.39, 0.29) is 17.5 Å². The molecule has 0 aliphatic carbocycles. The van der Waals surface area contributed by atoms with E-state index in [0.717, 1.165) is 12.3 Å². The van der Waals surface area contributed by atoms with Gasteiger partial charge in [0.15, 0.2) is 0 Å². The fourth-order valence-corrected chi connectivity index (χ4v) is 2.85. The van der Waals surface area contributed by atoms with Crippen LogP contribution in [0.3, 0.4) is 0 Å². The molecule has 1 aromatic carbocycles. The molecule has 0 amide bonds. The molecule has 7 nitrogen and oxygen atoms in total. The number of imidazole rings is 1. The second kappa shape index (κ2) is 6.69. The van der Waals surface area contributed by atoms with Gasteiger partial charge >= 0.3 is 6.18 Å². The largest absolute Gasteiger partial charge is 0.433 e. The molecule has 3 heterocycles. The topological polar surface area (TPSA) is 94.5 Å². The molecule has 148 valence electrons. The molecule has 3 N–H and O–H groups in total. The molecule has 4 rings (SSSR count). The Hall–Kier alpha value is -3.76. The molecule has 11 heteroatoms. The summed E-state index contributed by atoms with van der Waals surface area (Å²) >= 11 is 0. The van der Waals surface area contributed by atoms with Crippen LogP contribution >= 0.6 is 0 Å². The maximum absolute atomic E-state index is 13.5. The molecule has 3 aromatic heterocycles. The van der Waals surface area contributed by atoms with Gasteiger partial charge in [-0.05, 0) is 31.2 Å². The molecule has 0 spiro atoms. The minimum atomic E-state index is -4.53. The minimum absolute atomic E-state index is 0.0601. The number of nitrogens with two attached hydrogens (primary N) is 1. The summed E-state index contributed by atoms with van der Waals surface area (Å²) < 4.78 is 53.1. The molecular formula is C18H13F4N7. The number of pyridine rings is 1. The number of nitrogens with zero attached hydrogens (tertiary/aromatic N) is 5. The smallest absolute Gasteiger partial charge is 0.383 e. The van der Waals surface area contributed by atoms with Gasteiger partial charge < -0.3 is 11.1 Å². The molecule has 29 heavy (non-hydrogen) atoms. The van der Waals surface area contributed by atoms with E-state index < -0.39 is 17.7 Å². The zero-order valence-corrected chi connectivity index (χ0v) is 14.9. The summed E-state index contributed by atoms with van der Waals surface area (Å²) in [4.78, 5) is 16.1. The monoisotopic (exact) mass is 403 g/mol. The van der Waals surface area contributed by atoms with Gasteiger partial charge in [0, 0.05) is 12.1 Å². The Morgan fingerprint density at radius 2 is 1.83 bits per heavy atom. The standard InChI is InChI=1S/C18H13F4N7/c1-9-25-12-6-10(19)2-4-13(12)29(9)16-7-15(23)27-17(28-16)26-11-3-5-14(24-8-11)18(20,21)22/h2-8H,1H3,(H3,23,26,27,28). The number of benzene rings is 1. The molecule has 0 saturated carbocycles. The number of nitrogens with one attached hydrogen (secondary N) is 1. The van der Waals surface area contributed by atoms with Crippen LogP contribution in [-0.4, -0.2) is 24.5 Å². The molecule has 0 aliphatic heterocycles. The number of aromatic nitrogens is 5. The normalized spacial score (nSPS) is 11.8. The lowest BCUT2D eigenvalue weighted by atomic mass is 10.3. The maximum atomic E-state index is 13.5. The average molecular weight is 403 g/mol. The molecule has 0 saturated heterocycles. The first-order chi connectivity index (χ1) is 13.7. The van der Waals surface area contributed by atoms with Gasteiger partial charge in [0.2, 0.25) is 5.95 Å². The summed E-state index contributed by atoms with van der Waals surface area (Å²) in [6, 6.07) is 7.73. The Labute approximate surface area is 161 Å². The maximum Gasteiger partial charge on any atom is 0.433 e. The number of halogens is 4. The van der Waals surface area contributed by atoms with Gasteiger partial charge in [-0.1, -0.05) is 0 Å². The van der Waals surface area contributed by atoms with Crippen molar-refractivity contribution in [3.05, 3.63) is 59.9 Å². The first-order valence-electron chi connectivity index (χ1n) is 8.30. The highest BCUT2D eigenvalue weighted by atomic mass is 19.4. The SMILES string of the molecule is Cc1nc2cc(F)ccc2n1-c1cc(N)nc(Nc2ccc(C(F)(F)F)nc2)n1. The predicted octanol–water partition coefficient (Wildman–Crippen LogP) is 4.00. The highest BCUT2D eigenvalue weighted by molar-refractivity contribution is 5.78. The van der Waals surface area contributed by atoms with Crippen LogP contribution in [0.15, 0.2) is 42.6 Å². The van der Waals surface area contributed by atoms with Crippen LogP contribution in [0, 0.1) is 12.7 Å². The predicted molar refractivity (Wildman–Crippen MR) is 98.3 cm³/mol. The summed E-state index contributed by atoms with van der Waals surface area (Å²) in [6.07, 6.45) is -3.51. The Balaban J connectivity index is 1.71. The highest BCUT2D eigenvalue weighted by Gasteiger charge is 2.32. The van der Waals surface area contributed by atoms with E-state index in [9.17, 15) is 17.6 Å². The molecular weight excluding hydrogens is 390 g/mol. The lowest BCUT2D eigenvalue weighted by molar-refractivity contribution is -0.141. The van der Waals surface area contributed by atoms with Crippen LogP contribution in [0.5, 0.6) is 0 Å². The van der Waals surface area contributed by atoms with Gasteiger partial charge in [0.25, 0.3) is 0 Å². The number of fused-ring (bicyclic) bond motifs is 1. The molecule has 0 bridgehead atoms. The number of anilines is 3. The zero-order chi connectivity index (χ0) is 20.8. The Morgan fingerprint density at radius 3 is 2.52 bits per heavy atom. The third-order valence-corrected chi connectivity index (χ3v) is 4.06. The number of rotatable bonds is 3. The van der Waals surface area contributed by atoms with E-state index in [1.165, 1.54) is 24.3 Å². The molecule has 0 radical (unpaired) electrons. The van der Waals surface area contributed by atoms with Crippen LogP contribution in [0.1, 0.15) is 11.5 Å². The number of alkyl halides is 3. The summed E-state index contributed by atoms with van der Waals surface area (Å²) in [5, 5.41) is 2.78. The van der Waals surface area contributed by atoms with Crippen molar-refractivity contribution >= 4 is 28.5 Å². The van der Waals surface area contributed by atoms with Crippen molar-refractivity contribution in [3.8, 4) is 5.82 Å². The van der Waals surface area contributed by atoms with Crippen molar-refractivity contribution < 1.29 is 17.6 Å². The van der Waals surface area contributed by atoms with Gasteiger partial charge in [-0.15, -0.1) is 0 Å². The lowest BCUT2D eigenvalue weighted by Crippen LogP contribution is -2.09. The highest BCUT2D eigenvalue weighted by Crippen LogP contribution is 2.28. The summed E-state index contributed by atoms with van der Waals surface area (Å²) in [5.41, 5.74) is 6.17. The van der Waals surface area contributed by atoms with E-state index in [2.05, 4.69) is 25.3 Å². The molecule has 0 aliphatic rings. The Morgan fingerprint density at radius 1 is 1.03 bits per heavy atom. The van der Waals surface area contributed by atoms with Crippen molar-refractivity contribution in [3.63, 3.8) is 0 Å². The molecule has 4 aromatic rings. The molecule has 0 fully saturated rings. The van der Waals surface area contributed by atoms with Crippen molar-refractivity contribution in [2.75, 3.05) is 11.1 Å². The summed E-state index contributed by atoms with van der Waals surface area (Å²) in [5.74, 6) is 0.685. The average Bonchev–Trinajstić information content (AvgIpc) is 2.95. The number of hydrogen-bond acceptors (Lipinski definition) is 6. The summed E-state index contributed by atoms with van der Waals surface area (Å²) in [6.45, 7) is 1.73. The fraction of sp³-hybridized carbons (Fsp3) is 0.111. The minimum Gasteiger partial charge on any atom is -0.383 e. The van der Waals surface area contributed by atoms with Crippen molar-refractivity contribution in [2.24, 2.45) is 0 Å². The number of aryl methyl sites for hydroxylation is 1. The third-order valence-electron chi connectivity index (χ3n) is 4.06. The number of nitrogen functional groups attached to an aromatic ring is 1. The van der Waals surface area contributed by atoms with Crippen molar-refractivity contribution in [1.82, 2.24) is 24.5 Å². The fourth-order valence-electron chi connectivity index (χ4n) is 2.85. The Kier molecular flexibility index (Phi) is 4.29. The van der Waals surface area contributed by atoms with Gasteiger partial charge in [-0.25, -0.2) is 14.4 Å². The third kappa shape index (κ3) is 3.66. The lowest BCUT2D eigenvalue weighted by Gasteiger charge is -2.11. The van der Waals surface area contributed by atoms with E-state index >= 15 is 0 Å². The van der Waals surface area contributed by atoms with Gasteiger partial charge in [-0.3, -0.25) is 4.57 Å². The van der Waals surface area contributed by atoms with Gasteiger partial charge in [-0.2, -0.15) is 23.1 Å². The van der Waals surface area contributed by atoms with Gasteiger partial charge in [0.05, 0.1) is 22.9 Å². The van der Waals surface area contributed by atoms with Crippen LogP contribution in [0.25, 0.3) is 16.9 Å². The van der Waals surface area contributed by atoms with Gasteiger partial charge in [0.1, 0.15) is 29.0 Å². The molecule has 0 atom stereocenters. The first-order valence-corrected chi connectivity index (χ1v) is 8.30. The first kappa shape index (κ1) is 18.6. The van der Waals surface area contributed by atoms with E-state index in [0.29, 0.717) is 22.7 Å².